The first-order valence-corrected chi connectivity index (χ1v) is 9.05. The van der Waals surface area contributed by atoms with Crippen LogP contribution >= 0.6 is 9.24 Å². The Hall–Kier alpha value is -2.11. The molecule has 3 aromatic rings. The molecule has 3 aromatic carbocycles. The van der Waals surface area contributed by atoms with Crippen LogP contribution < -0.4 is 4.74 Å². The molecule has 0 radical (unpaired) electrons. The van der Waals surface area contributed by atoms with Crippen LogP contribution in [0.5, 0.6) is 5.75 Å². The molecule has 0 N–H and O–H groups in total. The average molecular weight is 334 g/mol. The Balaban J connectivity index is 1.61. The molecule has 0 aromatic heterocycles. The zero-order valence-corrected chi connectivity index (χ0v) is 15.1. The molecule has 2 heteroatoms. The summed E-state index contributed by atoms with van der Waals surface area (Å²) in [6.45, 7) is 2.80. The Morgan fingerprint density at radius 2 is 1.42 bits per heavy atom. The van der Waals surface area contributed by atoms with E-state index in [0.717, 1.165) is 12.2 Å². The van der Waals surface area contributed by atoms with Crippen molar-refractivity contribution in [1.82, 2.24) is 0 Å². The van der Waals surface area contributed by atoms with Gasteiger partial charge in [-0.3, -0.25) is 0 Å². The van der Waals surface area contributed by atoms with Gasteiger partial charge in [0.2, 0.25) is 0 Å². The van der Waals surface area contributed by atoms with Crippen LogP contribution in [0.3, 0.4) is 0 Å². The minimum Gasteiger partial charge on any atom is -0.489 e. The van der Waals surface area contributed by atoms with Gasteiger partial charge in [0, 0.05) is 0 Å². The lowest BCUT2D eigenvalue weighted by atomic mass is 10.1. The second-order valence-electron chi connectivity index (χ2n) is 5.94. The summed E-state index contributed by atoms with van der Waals surface area (Å²) >= 11 is 0. The van der Waals surface area contributed by atoms with E-state index in [-0.39, 0.29) is 0 Å². The van der Waals surface area contributed by atoms with Crippen molar-refractivity contribution in [2.24, 2.45) is 0 Å². The van der Waals surface area contributed by atoms with Gasteiger partial charge in [-0.05, 0) is 46.5 Å². The van der Waals surface area contributed by atoms with Gasteiger partial charge in [0.25, 0.3) is 0 Å². The first kappa shape index (κ1) is 16.7. The summed E-state index contributed by atoms with van der Waals surface area (Å²) in [6, 6.07) is 27.4. The monoisotopic (exact) mass is 334 g/mol. The molecule has 24 heavy (non-hydrogen) atoms. The van der Waals surface area contributed by atoms with Gasteiger partial charge in [0.05, 0.1) is 0 Å². The van der Waals surface area contributed by atoms with E-state index in [1.165, 1.54) is 22.3 Å². The van der Waals surface area contributed by atoms with E-state index in [2.05, 4.69) is 76.8 Å². The molecule has 0 bridgehead atoms. The molecule has 0 aliphatic heterocycles. The third-order valence-electron chi connectivity index (χ3n) is 4.21. The SMILES string of the molecule is CCC(P)c1ccc(COc2ccc(-c3ccccc3)cc2)cc1. The Morgan fingerprint density at radius 1 is 0.792 bits per heavy atom. The van der Waals surface area contributed by atoms with Crippen molar-refractivity contribution < 1.29 is 4.74 Å². The first-order valence-electron chi connectivity index (χ1n) is 8.39. The number of hydrogen-bond acceptors (Lipinski definition) is 1. The molecule has 0 aliphatic carbocycles. The molecule has 0 fully saturated rings. The predicted molar refractivity (Wildman–Crippen MR) is 105 cm³/mol. The highest BCUT2D eigenvalue weighted by molar-refractivity contribution is 7.17. The highest BCUT2D eigenvalue weighted by Gasteiger charge is 2.03. The van der Waals surface area contributed by atoms with Crippen molar-refractivity contribution in [2.75, 3.05) is 0 Å². The van der Waals surface area contributed by atoms with Crippen LogP contribution in [0.15, 0.2) is 78.9 Å². The summed E-state index contributed by atoms with van der Waals surface area (Å²) in [5.74, 6) is 0.899. The fourth-order valence-electron chi connectivity index (χ4n) is 2.64. The van der Waals surface area contributed by atoms with Crippen LogP contribution in [0.1, 0.15) is 30.1 Å². The van der Waals surface area contributed by atoms with Gasteiger partial charge in [0.1, 0.15) is 12.4 Å². The smallest absolute Gasteiger partial charge is 0.119 e. The molecule has 0 saturated heterocycles. The summed E-state index contributed by atoms with van der Waals surface area (Å²) in [5.41, 5.74) is 5.52. The molecule has 0 spiro atoms. The standard InChI is InChI=1S/C22H23OP/c1-2-22(24)20-10-8-17(9-11-20)16-23-21-14-12-19(13-15-21)18-6-4-3-5-7-18/h3-15,22H,2,16,24H2,1H3. The third kappa shape index (κ3) is 4.24. The minimum absolute atomic E-state index is 0.533. The minimum atomic E-state index is 0.533. The summed E-state index contributed by atoms with van der Waals surface area (Å²) in [4.78, 5) is 0. The van der Waals surface area contributed by atoms with Crippen LogP contribution in [0, 0.1) is 0 Å². The molecule has 0 amide bonds. The fraction of sp³-hybridized carbons (Fsp3) is 0.182. The lowest BCUT2D eigenvalue weighted by Crippen LogP contribution is -1.96. The number of ether oxygens (including phenoxy) is 1. The van der Waals surface area contributed by atoms with E-state index >= 15 is 0 Å². The van der Waals surface area contributed by atoms with E-state index in [0.29, 0.717) is 12.3 Å². The van der Waals surface area contributed by atoms with Gasteiger partial charge in [-0.25, -0.2) is 0 Å². The van der Waals surface area contributed by atoms with Gasteiger partial charge >= 0.3 is 0 Å². The number of benzene rings is 3. The summed E-state index contributed by atoms with van der Waals surface area (Å²) in [5, 5.41) is 0. The second kappa shape index (κ2) is 8.13. The maximum atomic E-state index is 5.90. The van der Waals surface area contributed by atoms with Gasteiger partial charge in [-0.15, -0.1) is 9.24 Å². The maximum Gasteiger partial charge on any atom is 0.119 e. The van der Waals surface area contributed by atoms with Crippen LogP contribution in [0.25, 0.3) is 11.1 Å². The quantitative estimate of drug-likeness (QED) is 0.484. The Kier molecular flexibility index (Phi) is 5.67. The van der Waals surface area contributed by atoms with Crippen molar-refractivity contribution in [1.29, 1.82) is 0 Å². The maximum absolute atomic E-state index is 5.90. The largest absolute Gasteiger partial charge is 0.489 e. The van der Waals surface area contributed by atoms with Gasteiger partial charge in [-0.1, -0.05) is 73.7 Å². The topological polar surface area (TPSA) is 9.23 Å². The predicted octanol–water partition coefficient (Wildman–Crippen LogP) is 6.26. The van der Waals surface area contributed by atoms with E-state index in [4.69, 9.17) is 4.74 Å². The average Bonchev–Trinajstić information content (AvgIpc) is 2.67. The van der Waals surface area contributed by atoms with Gasteiger partial charge in [0.15, 0.2) is 0 Å². The van der Waals surface area contributed by atoms with Gasteiger partial charge < -0.3 is 4.74 Å². The Bertz CT molecular complexity index is 748. The molecular formula is C22H23OP. The van der Waals surface area contributed by atoms with Crippen molar-refractivity contribution in [2.45, 2.75) is 25.6 Å². The molecular weight excluding hydrogens is 311 g/mol. The van der Waals surface area contributed by atoms with E-state index in [1.807, 2.05) is 18.2 Å². The van der Waals surface area contributed by atoms with Crippen LogP contribution in [-0.4, -0.2) is 0 Å². The fourth-order valence-corrected chi connectivity index (χ4v) is 2.86. The molecule has 0 heterocycles. The molecule has 3 rings (SSSR count). The highest BCUT2D eigenvalue weighted by atomic mass is 31.0. The van der Waals surface area contributed by atoms with Crippen molar-refractivity contribution in [3.63, 3.8) is 0 Å². The van der Waals surface area contributed by atoms with Crippen LogP contribution in [0.2, 0.25) is 0 Å². The van der Waals surface area contributed by atoms with Crippen molar-refractivity contribution in [3.05, 3.63) is 90.0 Å². The molecule has 0 aliphatic rings. The van der Waals surface area contributed by atoms with E-state index < -0.39 is 0 Å². The third-order valence-corrected chi connectivity index (χ3v) is 5.07. The van der Waals surface area contributed by atoms with Crippen LogP contribution in [-0.2, 0) is 6.61 Å². The highest BCUT2D eigenvalue weighted by Crippen LogP contribution is 2.26. The second-order valence-corrected chi connectivity index (χ2v) is 6.74. The zero-order valence-electron chi connectivity index (χ0n) is 14.0. The number of hydrogen-bond donors (Lipinski definition) is 0. The lowest BCUT2D eigenvalue weighted by molar-refractivity contribution is 0.306. The Labute approximate surface area is 146 Å². The molecule has 122 valence electrons. The van der Waals surface area contributed by atoms with E-state index in [1.54, 1.807) is 0 Å². The summed E-state index contributed by atoms with van der Waals surface area (Å²) < 4.78 is 5.90. The molecule has 1 nitrogen and oxygen atoms in total. The normalized spacial score (nSPS) is 11.9. The number of rotatable bonds is 6. The van der Waals surface area contributed by atoms with Crippen LogP contribution in [0.4, 0.5) is 0 Å². The molecule has 2 unspecified atom stereocenters. The first-order chi connectivity index (χ1) is 11.8. The summed E-state index contributed by atoms with van der Waals surface area (Å²) in [6.07, 6.45) is 1.13. The van der Waals surface area contributed by atoms with Crippen molar-refractivity contribution in [3.8, 4) is 16.9 Å². The zero-order chi connectivity index (χ0) is 16.8. The van der Waals surface area contributed by atoms with E-state index in [9.17, 15) is 0 Å². The molecule has 2 atom stereocenters. The van der Waals surface area contributed by atoms with Crippen molar-refractivity contribution >= 4 is 9.24 Å². The molecule has 0 saturated carbocycles. The summed E-state index contributed by atoms with van der Waals surface area (Å²) in [7, 11) is 2.89. The lowest BCUT2D eigenvalue weighted by Gasteiger charge is -2.11. The van der Waals surface area contributed by atoms with Gasteiger partial charge in [-0.2, -0.15) is 0 Å². The Morgan fingerprint density at radius 3 is 2.04 bits per heavy atom.